The van der Waals surface area contributed by atoms with Crippen LogP contribution >= 0.6 is 11.3 Å². The number of hydrogen-bond acceptors (Lipinski definition) is 5. The third-order valence-corrected chi connectivity index (χ3v) is 4.89. The fourth-order valence-electron chi connectivity index (χ4n) is 2.61. The zero-order valence-corrected chi connectivity index (χ0v) is 15.6. The fraction of sp³-hybridized carbons (Fsp3) is 0.0500. The maximum Gasteiger partial charge on any atom is 0.275 e. The molecule has 0 aliphatic rings. The molecule has 4 aromatic rings. The SMILES string of the molecule is COc1ccc(NC(=O)c2csc(-c3cnn(-c4ccccc4)c3)n2)cc1F. The monoisotopic (exact) mass is 394 g/mol. The second-order valence-corrected chi connectivity index (χ2v) is 6.71. The van der Waals surface area contributed by atoms with Crippen LogP contribution in [0, 0.1) is 5.82 Å². The number of aromatic nitrogens is 3. The van der Waals surface area contributed by atoms with Crippen LogP contribution in [0.25, 0.3) is 16.3 Å². The molecule has 2 heterocycles. The Morgan fingerprint density at radius 2 is 2.04 bits per heavy atom. The predicted molar refractivity (Wildman–Crippen MR) is 106 cm³/mol. The number of nitrogens with zero attached hydrogens (tertiary/aromatic N) is 3. The van der Waals surface area contributed by atoms with Crippen LogP contribution in [0.3, 0.4) is 0 Å². The first-order valence-corrected chi connectivity index (χ1v) is 9.23. The number of amides is 1. The van der Waals surface area contributed by atoms with E-state index in [9.17, 15) is 9.18 Å². The normalized spacial score (nSPS) is 10.6. The van der Waals surface area contributed by atoms with Gasteiger partial charge < -0.3 is 10.1 Å². The molecule has 0 aliphatic carbocycles. The molecule has 4 rings (SSSR count). The maximum absolute atomic E-state index is 13.8. The molecule has 0 saturated carbocycles. The van der Waals surface area contributed by atoms with Crippen LogP contribution in [0.15, 0.2) is 66.3 Å². The number of para-hydroxylation sites is 1. The zero-order valence-electron chi connectivity index (χ0n) is 14.8. The molecule has 0 bridgehead atoms. The number of ether oxygens (including phenoxy) is 1. The van der Waals surface area contributed by atoms with E-state index in [0.717, 1.165) is 11.3 Å². The highest BCUT2D eigenvalue weighted by Crippen LogP contribution is 2.25. The summed E-state index contributed by atoms with van der Waals surface area (Å²) in [4.78, 5) is 16.8. The Labute approximate surface area is 164 Å². The minimum Gasteiger partial charge on any atom is -0.494 e. The number of hydrogen-bond donors (Lipinski definition) is 1. The van der Waals surface area contributed by atoms with Gasteiger partial charge in [0.25, 0.3) is 5.91 Å². The molecule has 6 nitrogen and oxygen atoms in total. The van der Waals surface area contributed by atoms with E-state index in [2.05, 4.69) is 15.4 Å². The Hall–Kier alpha value is -3.52. The fourth-order valence-corrected chi connectivity index (χ4v) is 3.38. The Morgan fingerprint density at radius 1 is 1.21 bits per heavy atom. The lowest BCUT2D eigenvalue weighted by molar-refractivity contribution is 0.102. The predicted octanol–water partition coefficient (Wildman–Crippen LogP) is 4.40. The van der Waals surface area contributed by atoms with Gasteiger partial charge in [0, 0.05) is 28.9 Å². The van der Waals surface area contributed by atoms with Gasteiger partial charge in [-0.25, -0.2) is 14.1 Å². The highest BCUT2D eigenvalue weighted by atomic mass is 32.1. The first kappa shape index (κ1) is 17.9. The van der Waals surface area contributed by atoms with Crippen LogP contribution in [-0.4, -0.2) is 27.8 Å². The molecule has 0 unspecified atom stereocenters. The summed E-state index contributed by atoms with van der Waals surface area (Å²) in [5.41, 5.74) is 2.33. The van der Waals surface area contributed by atoms with Crippen molar-refractivity contribution >= 4 is 22.9 Å². The standard InChI is InChI=1S/C20H15FN4O2S/c1-27-18-8-7-14(9-16(18)21)23-19(26)17-12-28-20(24-17)13-10-22-25(11-13)15-5-3-2-4-6-15/h2-12H,1H3,(H,23,26). The largest absolute Gasteiger partial charge is 0.494 e. The quantitative estimate of drug-likeness (QED) is 0.545. The van der Waals surface area contributed by atoms with Crippen LogP contribution in [-0.2, 0) is 0 Å². The average molecular weight is 394 g/mol. The molecule has 0 aliphatic heterocycles. The van der Waals surface area contributed by atoms with Gasteiger partial charge >= 0.3 is 0 Å². The van der Waals surface area contributed by atoms with Crippen molar-refractivity contribution in [3.8, 4) is 22.0 Å². The Morgan fingerprint density at radius 3 is 2.79 bits per heavy atom. The highest BCUT2D eigenvalue weighted by Gasteiger charge is 2.14. The van der Waals surface area contributed by atoms with Crippen molar-refractivity contribution in [3.05, 3.63) is 77.8 Å². The molecule has 140 valence electrons. The number of benzene rings is 2. The summed E-state index contributed by atoms with van der Waals surface area (Å²) >= 11 is 1.34. The molecular weight excluding hydrogens is 379 g/mol. The van der Waals surface area contributed by atoms with E-state index in [1.54, 1.807) is 22.3 Å². The van der Waals surface area contributed by atoms with Crippen LogP contribution in [0.4, 0.5) is 10.1 Å². The maximum atomic E-state index is 13.8. The summed E-state index contributed by atoms with van der Waals surface area (Å²) in [5, 5.41) is 9.31. The molecule has 28 heavy (non-hydrogen) atoms. The van der Waals surface area contributed by atoms with Crippen molar-refractivity contribution in [2.75, 3.05) is 12.4 Å². The minimum atomic E-state index is -0.549. The van der Waals surface area contributed by atoms with Crippen LogP contribution < -0.4 is 10.1 Å². The number of carbonyl (C=O) groups is 1. The van der Waals surface area contributed by atoms with Gasteiger partial charge in [-0.1, -0.05) is 18.2 Å². The Kier molecular flexibility index (Phi) is 4.86. The summed E-state index contributed by atoms with van der Waals surface area (Å²) in [7, 11) is 1.38. The number of methoxy groups -OCH3 is 1. The van der Waals surface area contributed by atoms with Gasteiger partial charge in [0.1, 0.15) is 10.7 Å². The molecule has 0 spiro atoms. The van der Waals surface area contributed by atoms with E-state index in [1.807, 2.05) is 36.5 Å². The van der Waals surface area contributed by atoms with E-state index >= 15 is 0 Å². The molecule has 0 radical (unpaired) electrons. The van der Waals surface area contributed by atoms with Crippen molar-refractivity contribution in [3.63, 3.8) is 0 Å². The van der Waals surface area contributed by atoms with Crippen molar-refractivity contribution in [2.24, 2.45) is 0 Å². The van der Waals surface area contributed by atoms with E-state index in [0.29, 0.717) is 10.7 Å². The average Bonchev–Trinajstić information content (AvgIpc) is 3.38. The lowest BCUT2D eigenvalue weighted by Crippen LogP contribution is -2.12. The third kappa shape index (κ3) is 3.63. The minimum absolute atomic E-state index is 0.115. The van der Waals surface area contributed by atoms with Crippen LogP contribution in [0.5, 0.6) is 5.75 Å². The van der Waals surface area contributed by atoms with Gasteiger partial charge in [-0.3, -0.25) is 4.79 Å². The van der Waals surface area contributed by atoms with Crippen LogP contribution in [0.2, 0.25) is 0 Å². The van der Waals surface area contributed by atoms with Gasteiger partial charge in [-0.2, -0.15) is 5.10 Å². The molecule has 1 N–H and O–H groups in total. The van der Waals surface area contributed by atoms with Gasteiger partial charge in [0.2, 0.25) is 0 Å². The molecule has 2 aromatic heterocycles. The van der Waals surface area contributed by atoms with E-state index in [1.165, 1.54) is 30.6 Å². The second-order valence-electron chi connectivity index (χ2n) is 5.85. The van der Waals surface area contributed by atoms with Gasteiger partial charge in [-0.15, -0.1) is 11.3 Å². The first-order valence-electron chi connectivity index (χ1n) is 8.35. The van der Waals surface area contributed by atoms with E-state index in [-0.39, 0.29) is 11.4 Å². The molecule has 8 heteroatoms. The lowest BCUT2D eigenvalue weighted by Gasteiger charge is -2.06. The number of nitrogens with one attached hydrogen (secondary N) is 1. The summed E-state index contributed by atoms with van der Waals surface area (Å²) in [6, 6.07) is 13.9. The molecule has 0 fully saturated rings. The lowest BCUT2D eigenvalue weighted by atomic mass is 10.3. The Bertz CT molecular complexity index is 1120. The molecule has 2 aromatic carbocycles. The highest BCUT2D eigenvalue weighted by molar-refractivity contribution is 7.13. The molecular formula is C20H15FN4O2S. The summed E-state index contributed by atoms with van der Waals surface area (Å²) in [5.74, 6) is -0.848. The smallest absolute Gasteiger partial charge is 0.275 e. The summed E-state index contributed by atoms with van der Waals surface area (Å²) in [6.07, 6.45) is 3.56. The number of thiazole rings is 1. The van der Waals surface area contributed by atoms with E-state index in [4.69, 9.17) is 4.74 Å². The van der Waals surface area contributed by atoms with Gasteiger partial charge in [0.15, 0.2) is 11.6 Å². The van der Waals surface area contributed by atoms with Crippen LogP contribution in [0.1, 0.15) is 10.5 Å². The van der Waals surface area contributed by atoms with Crippen molar-refractivity contribution < 1.29 is 13.9 Å². The number of rotatable bonds is 5. The third-order valence-electron chi connectivity index (χ3n) is 4.00. The van der Waals surface area contributed by atoms with Gasteiger partial charge in [0.05, 0.1) is 19.0 Å². The Balaban J connectivity index is 1.50. The second kappa shape index (κ2) is 7.61. The first-order chi connectivity index (χ1) is 13.6. The van der Waals surface area contributed by atoms with Gasteiger partial charge in [-0.05, 0) is 24.3 Å². The number of carbonyl (C=O) groups excluding carboxylic acids is 1. The number of anilines is 1. The zero-order chi connectivity index (χ0) is 19.5. The van der Waals surface area contributed by atoms with Crippen molar-refractivity contribution in [1.82, 2.24) is 14.8 Å². The summed E-state index contributed by atoms with van der Waals surface area (Å²) < 4.78 is 20.4. The molecule has 0 saturated heterocycles. The topological polar surface area (TPSA) is 69.0 Å². The van der Waals surface area contributed by atoms with E-state index < -0.39 is 11.7 Å². The summed E-state index contributed by atoms with van der Waals surface area (Å²) in [6.45, 7) is 0. The molecule has 0 atom stereocenters. The van der Waals surface area contributed by atoms with Crippen molar-refractivity contribution in [2.45, 2.75) is 0 Å². The number of halogens is 1. The molecule has 1 amide bonds. The van der Waals surface area contributed by atoms with Crippen molar-refractivity contribution in [1.29, 1.82) is 0 Å².